The van der Waals surface area contributed by atoms with Gasteiger partial charge < -0.3 is 14.5 Å². The van der Waals surface area contributed by atoms with Gasteiger partial charge in [-0.25, -0.2) is 0 Å². The molecule has 2 fully saturated rings. The minimum absolute atomic E-state index is 0.0570. The standard InChI is InChI=1S/C19H22N4O4/c1-13-11-17(15-12-14(23(25)26)4-5-16(15)20-13)21-6-8-22(9-7-21)19(24)18-3-2-10-27-18/h4-5,11-12,18H,2-3,6-10H2,1H3. The summed E-state index contributed by atoms with van der Waals surface area (Å²) in [5, 5.41) is 11.9. The first-order valence-corrected chi connectivity index (χ1v) is 9.24. The first-order valence-electron chi connectivity index (χ1n) is 9.24. The number of benzene rings is 1. The molecule has 2 saturated heterocycles. The molecule has 1 amide bonds. The van der Waals surface area contributed by atoms with Gasteiger partial charge in [0.25, 0.3) is 11.6 Å². The molecule has 1 atom stereocenters. The molecular formula is C19H22N4O4. The van der Waals surface area contributed by atoms with Gasteiger partial charge in [-0.15, -0.1) is 0 Å². The number of nitro groups is 1. The zero-order valence-corrected chi connectivity index (χ0v) is 15.3. The van der Waals surface area contributed by atoms with E-state index in [1.807, 2.05) is 17.9 Å². The number of hydrogen-bond acceptors (Lipinski definition) is 6. The highest BCUT2D eigenvalue weighted by atomic mass is 16.6. The molecule has 0 bridgehead atoms. The average molecular weight is 370 g/mol. The third kappa shape index (κ3) is 3.44. The van der Waals surface area contributed by atoms with Crippen LogP contribution in [0.1, 0.15) is 18.5 Å². The van der Waals surface area contributed by atoms with Crippen LogP contribution in [-0.4, -0.2) is 59.6 Å². The number of carbonyl (C=O) groups excluding carboxylic acids is 1. The number of anilines is 1. The van der Waals surface area contributed by atoms with E-state index in [-0.39, 0.29) is 22.6 Å². The second-order valence-electron chi connectivity index (χ2n) is 7.06. The highest BCUT2D eigenvalue weighted by Crippen LogP contribution is 2.31. The number of nitrogens with zero attached hydrogens (tertiary/aromatic N) is 4. The first-order chi connectivity index (χ1) is 13.0. The third-order valence-electron chi connectivity index (χ3n) is 5.25. The van der Waals surface area contributed by atoms with E-state index >= 15 is 0 Å². The number of hydrogen-bond donors (Lipinski definition) is 0. The number of pyridine rings is 1. The van der Waals surface area contributed by atoms with Gasteiger partial charge in [0.05, 0.1) is 10.4 Å². The van der Waals surface area contributed by atoms with Gasteiger partial charge in [-0.05, 0) is 31.9 Å². The lowest BCUT2D eigenvalue weighted by Crippen LogP contribution is -2.51. The summed E-state index contributed by atoms with van der Waals surface area (Å²) < 4.78 is 5.51. The summed E-state index contributed by atoms with van der Waals surface area (Å²) >= 11 is 0. The van der Waals surface area contributed by atoms with Crippen LogP contribution >= 0.6 is 0 Å². The smallest absolute Gasteiger partial charge is 0.270 e. The van der Waals surface area contributed by atoms with Crippen molar-refractivity contribution in [2.45, 2.75) is 25.9 Å². The molecule has 8 nitrogen and oxygen atoms in total. The Morgan fingerprint density at radius 3 is 2.70 bits per heavy atom. The van der Waals surface area contributed by atoms with Gasteiger partial charge in [-0.3, -0.25) is 19.9 Å². The molecule has 0 radical (unpaired) electrons. The Kier molecular flexibility index (Phi) is 4.65. The number of carbonyl (C=O) groups is 1. The minimum Gasteiger partial charge on any atom is -0.368 e. The van der Waals surface area contributed by atoms with E-state index in [1.54, 1.807) is 12.1 Å². The predicted molar refractivity (Wildman–Crippen MR) is 101 cm³/mol. The van der Waals surface area contributed by atoms with Crippen molar-refractivity contribution in [1.82, 2.24) is 9.88 Å². The fourth-order valence-corrected chi connectivity index (χ4v) is 3.84. The molecule has 0 N–H and O–H groups in total. The monoisotopic (exact) mass is 370 g/mol. The molecule has 1 aromatic heterocycles. The fraction of sp³-hybridized carbons (Fsp3) is 0.474. The van der Waals surface area contributed by atoms with Gasteiger partial charge in [0.2, 0.25) is 0 Å². The van der Waals surface area contributed by atoms with Crippen molar-refractivity contribution in [2.75, 3.05) is 37.7 Å². The Labute approximate surface area is 156 Å². The number of piperazine rings is 1. The SMILES string of the molecule is Cc1cc(N2CCN(C(=O)C3CCCO3)CC2)c2cc([N+](=O)[O-])ccc2n1. The molecule has 1 aromatic carbocycles. The third-order valence-corrected chi connectivity index (χ3v) is 5.25. The lowest BCUT2D eigenvalue weighted by Gasteiger charge is -2.37. The van der Waals surface area contributed by atoms with Crippen molar-refractivity contribution in [1.29, 1.82) is 0 Å². The number of aromatic nitrogens is 1. The summed E-state index contributed by atoms with van der Waals surface area (Å²) in [7, 11) is 0. The second kappa shape index (κ2) is 7.11. The van der Waals surface area contributed by atoms with E-state index in [0.717, 1.165) is 35.1 Å². The molecule has 2 aromatic rings. The summed E-state index contributed by atoms with van der Waals surface area (Å²) in [6, 6.07) is 6.72. The number of fused-ring (bicyclic) bond motifs is 1. The van der Waals surface area contributed by atoms with Crippen LogP contribution in [0.3, 0.4) is 0 Å². The minimum atomic E-state index is -0.388. The van der Waals surface area contributed by atoms with Crippen molar-refractivity contribution in [3.05, 3.63) is 40.1 Å². The Morgan fingerprint density at radius 1 is 1.26 bits per heavy atom. The zero-order chi connectivity index (χ0) is 19.0. The molecule has 4 rings (SSSR count). The van der Waals surface area contributed by atoms with Crippen LogP contribution in [0.15, 0.2) is 24.3 Å². The largest absolute Gasteiger partial charge is 0.368 e. The van der Waals surface area contributed by atoms with Crippen molar-refractivity contribution < 1.29 is 14.5 Å². The van der Waals surface area contributed by atoms with Crippen LogP contribution in [0.2, 0.25) is 0 Å². The molecule has 142 valence electrons. The lowest BCUT2D eigenvalue weighted by atomic mass is 10.1. The molecule has 2 aliphatic rings. The molecule has 3 heterocycles. The van der Waals surface area contributed by atoms with Gasteiger partial charge in [0.15, 0.2) is 0 Å². The van der Waals surface area contributed by atoms with Crippen LogP contribution < -0.4 is 4.90 Å². The van der Waals surface area contributed by atoms with E-state index in [9.17, 15) is 14.9 Å². The van der Waals surface area contributed by atoms with E-state index in [4.69, 9.17) is 4.74 Å². The summed E-state index contributed by atoms with van der Waals surface area (Å²) in [6.45, 7) is 5.19. The van der Waals surface area contributed by atoms with Crippen molar-refractivity contribution in [3.63, 3.8) is 0 Å². The molecule has 0 saturated carbocycles. The van der Waals surface area contributed by atoms with Gasteiger partial charge in [-0.1, -0.05) is 0 Å². The number of ether oxygens (including phenoxy) is 1. The van der Waals surface area contributed by atoms with E-state index in [0.29, 0.717) is 32.8 Å². The molecule has 2 aliphatic heterocycles. The van der Waals surface area contributed by atoms with Crippen molar-refractivity contribution in [3.8, 4) is 0 Å². The number of rotatable bonds is 3. The maximum absolute atomic E-state index is 12.5. The number of nitro benzene ring substituents is 1. The van der Waals surface area contributed by atoms with Crippen LogP contribution in [0.4, 0.5) is 11.4 Å². The predicted octanol–water partition coefficient (Wildman–Crippen LogP) is 2.28. The fourth-order valence-electron chi connectivity index (χ4n) is 3.84. The van der Waals surface area contributed by atoms with Crippen LogP contribution in [0, 0.1) is 17.0 Å². The Morgan fingerprint density at radius 2 is 2.04 bits per heavy atom. The highest BCUT2D eigenvalue weighted by Gasteiger charge is 2.30. The second-order valence-corrected chi connectivity index (χ2v) is 7.06. The van der Waals surface area contributed by atoms with E-state index in [1.165, 1.54) is 6.07 Å². The van der Waals surface area contributed by atoms with Crippen molar-refractivity contribution in [2.24, 2.45) is 0 Å². The quantitative estimate of drug-likeness (QED) is 0.608. The number of aryl methyl sites for hydroxylation is 1. The number of non-ortho nitro benzene ring substituents is 1. The molecule has 0 spiro atoms. The topological polar surface area (TPSA) is 88.8 Å². The Hall–Kier alpha value is -2.74. The maximum atomic E-state index is 12.5. The molecular weight excluding hydrogens is 348 g/mol. The molecule has 8 heteroatoms. The number of amides is 1. The summed E-state index contributed by atoms with van der Waals surface area (Å²) in [5.74, 6) is 0.0820. The van der Waals surface area contributed by atoms with E-state index < -0.39 is 0 Å². The van der Waals surface area contributed by atoms with Gasteiger partial charge in [0, 0.05) is 61.7 Å². The highest BCUT2D eigenvalue weighted by molar-refractivity contribution is 5.93. The van der Waals surface area contributed by atoms with E-state index in [2.05, 4.69) is 9.88 Å². The zero-order valence-electron chi connectivity index (χ0n) is 15.3. The van der Waals surface area contributed by atoms with Gasteiger partial charge in [0.1, 0.15) is 6.10 Å². The molecule has 27 heavy (non-hydrogen) atoms. The average Bonchev–Trinajstić information content (AvgIpc) is 3.21. The summed E-state index contributed by atoms with van der Waals surface area (Å²) in [4.78, 5) is 31.8. The Balaban J connectivity index is 1.57. The Bertz CT molecular complexity index is 887. The normalized spacial score (nSPS) is 20.3. The van der Waals surface area contributed by atoms with Crippen LogP contribution in [-0.2, 0) is 9.53 Å². The van der Waals surface area contributed by atoms with Gasteiger partial charge >= 0.3 is 0 Å². The first kappa shape index (κ1) is 17.7. The summed E-state index contributed by atoms with van der Waals surface area (Å²) in [6.07, 6.45) is 1.46. The molecule has 1 unspecified atom stereocenters. The summed E-state index contributed by atoms with van der Waals surface area (Å²) in [5.41, 5.74) is 2.60. The molecule has 0 aliphatic carbocycles. The maximum Gasteiger partial charge on any atom is 0.270 e. The lowest BCUT2D eigenvalue weighted by molar-refractivity contribution is -0.384. The van der Waals surface area contributed by atoms with Crippen LogP contribution in [0.5, 0.6) is 0 Å². The van der Waals surface area contributed by atoms with Gasteiger partial charge in [-0.2, -0.15) is 0 Å². The van der Waals surface area contributed by atoms with Crippen LogP contribution in [0.25, 0.3) is 10.9 Å². The van der Waals surface area contributed by atoms with Crippen molar-refractivity contribution >= 4 is 28.2 Å².